The summed E-state index contributed by atoms with van der Waals surface area (Å²) < 4.78 is 32.5. The molecule has 34 heavy (non-hydrogen) atoms. The van der Waals surface area contributed by atoms with Gasteiger partial charge < -0.3 is 4.74 Å². The maximum Gasteiger partial charge on any atom is 0.414 e. The summed E-state index contributed by atoms with van der Waals surface area (Å²) in [6.45, 7) is 3.13. The van der Waals surface area contributed by atoms with Crippen molar-refractivity contribution in [3.63, 3.8) is 0 Å². The molecule has 1 N–H and O–H groups in total. The topological polar surface area (TPSA) is 70.1 Å². The Balaban J connectivity index is 1.34. The van der Waals surface area contributed by atoms with Gasteiger partial charge in [-0.3, -0.25) is 9.45 Å². The van der Waals surface area contributed by atoms with E-state index in [9.17, 15) is 13.6 Å². The van der Waals surface area contributed by atoms with Crippen LogP contribution in [0, 0.1) is 6.92 Å². The van der Waals surface area contributed by atoms with Gasteiger partial charge in [0.25, 0.3) is 0 Å². The molecule has 3 aromatic carbocycles. The second-order valence-corrected chi connectivity index (χ2v) is 12.8. The summed E-state index contributed by atoms with van der Waals surface area (Å²) in [4.78, 5) is 14.8. The minimum absolute atomic E-state index is 0.0749. The SMILES string of the molecule is Cc1ccc2c(c1)COC(=O)N2C1CCN(S(C)(=O)(O)c2ccc(-c3ccccc3)cc2)CC1. The van der Waals surface area contributed by atoms with E-state index in [1.807, 2.05) is 67.6 Å². The molecule has 0 spiro atoms. The number of piperidine rings is 1. The Morgan fingerprint density at radius 2 is 1.59 bits per heavy atom. The standard InChI is InChI=1S/C27H30N2O4S/c1-20-8-13-26-23(18-20)19-33-27(30)29(26)24-14-16-28(17-15-24)34(2,31,32)25-11-9-22(10-12-25)21-6-4-3-5-7-21/h3-13,18,24H,14-17,19H2,1-2H3,(H,31,32). The predicted molar refractivity (Wildman–Crippen MR) is 135 cm³/mol. The lowest BCUT2D eigenvalue weighted by molar-refractivity contribution is 0.135. The van der Waals surface area contributed by atoms with Crippen molar-refractivity contribution >= 4 is 21.3 Å². The number of ether oxygens (including phenoxy) is 1. The third-order valence-electron chi connectivity index (χ3n) is 6.94. The van der Waals surface area contributed by atoms with Gasteiger partial charge in [-0.15, -0.1) is 9.53 Å². The van der Waals surface area contributed by atoms with E-state index in [0.29, 0.717) is 30.8 Å². The lowest BCUT2D eigenvalue weighted by Gasteiger charge is -2.52. The Morgan fingerprint density at radius 1 is 0.941 bits per heavy atom. The second kappa shape index (κ2) is 8.34. The third-order valence-corrected chi connectivity index (χ3v) is 9.88. The zero-order valence-corrected chi connectivity index (χ0v) is 20.3. The molecule has 1 fully saturated rings. The van der Waals surface area contributed by atoms with Gasteiger partial charge in [-0.1, -0.05) is 60.2 Å². The van der Waals surface area contributed by atoms with Gasteiger partial charge in [0.05, 0.1) is 10.6 Å². The molecule has 0 unspecified atom stereocenters. The summed E-state index contributed by atoms with van der Waals surface area (Å²) in [5.41, 5.74) is 5.08. The van der Waals surface area contributed by atoms with Gasteiger partial charge in [0, 0.05) is 31.0 Å². The number of carbonyl (C=O) groups is 1. The zero-order chi connectivity index (χ0) is 23.9. The molecule has 7 heteroatoms. The molecule has 2 aliphatic heterocycles. The number of nitrogens with zero attached hydrogens (tertiary/aromatic N) is 2. The van der Waals surface area contributed by atoms with Crippen LogP contribution >= 0.6 is 0 Å². The van der Waals surface area contributed by atoms with Gasteiger partial charge in [-0.2, -0.15) is 4.21 Å². The van der Waals surface area contributed by atoms with Crippen molar-refractivity contribution < 1.29 is 18.3 Å². The normalized spacial score (nSPS) is 18.6. The van der Waals surface area contributed by atoms with Crippen molar-refractivity contribution in [1.29, 1.82) is 0 Å². The van der Waals surface area contributed by atoms with E-state index in [2.05, 4.69) is 0 Å². The van der Waals surface area contributed by atoms with Crippen LogP contribution in [0.4, 0.5) is 10.5 Å². The van der Waals surface area contributed by atoms with Crippen LogP contribution in [0.15, 0.2) is 77.7 Å². The van der Waals surface area contributed by atoms with Crippen LogP contribution in [-0.2, 0) is 20.9 Å². The molecule has 6 nitrogen and oxygen atoms in total. The minimum atomic E-state index is -4.23. The average Bonchev–Trinajstić information content (AvgIpc) is 2.85. The minimum Gasteiger partial charge on any atom is -0.444 e. The highest BCUT2D eigenvalue weighted by atomic mass is 32.3. The van der Waals surface area contributed by atoms with E-state index >= 15 is 0 Å². The van der Waals surface area contributed by atoms with Crippen LogP contribution in [0.3, 0.4) is 0 Å². The Labute approximate surface area is 200 Å². The molecular formula is C27H30N2O4S. The molecule has 0 saturated carbocycles. The molecule has 0 aliphatic carbocycles. The molecule has 0 radical (unpaired) electrons. The third kappa shape index (κ3) is 4.04. The summed E-state index contributed by atoms with van der Waals surface area (Å²) >= 11 is 0. The number of fused-ring (bicyclic) bond motifs is 1. The number of aryl methyl sites for hydroxylation is 1. The van der Waals surface area contributed by atoms with E-state index in [-0.39, 0.29) is 18.7 Å². The van der Waals surface area contributed by atoms with Gasteiger partial charge in [0.2, 0.25) is 0 Å². The largest absolute Gasteiger partial charge is 0.444 e. The van der Waals surface area contributed by atoms with Gasteiger partial charge in [-0.05, 0) is 49.1 Å². The van der Waals surface area contributed by atoms with Crippen LogP contribution in [0.5, 0.6) is 0 Å². The van der Waals surface area contributed by atoms with Crippen molar-refractivity contribution in [3.8, 4) is 11.1 Å². The zero-order valence-electron chi connectivity index (χ0n) is 19.5. The van der Waals surface area contributed by atoms with Crippen molar-refractivity contribution in [1.82, 2.24) is 4.31 Å². The first-order valence-corrected chi connectivity index (χ1v) is 13.9. The van der Waals surface area contributed by atoms with Gasteiger partial charge in [-0.25, -0.2) is 9.10 Å². The van der Waals surface area contributed by atoms with Crippen LogP contribution in [0.25, 0.3) is 11.1 Å². The van der Waals surface area contributed by atoms with E-state index < -0.39 is 9.53 Å². The molecule has 178 valence electrons. The molecule has 2 heterocycles. The van der Waals surface area contributed by atoms with Crippen molar-refractivity contribution in [2.75, 3.05) is 24.2 Å². The maximum absolute atomic E-state index is 14.0. The van der Waals surface area contributed by atoms with Crippen LogP contribution < -0.4 is 4.90 Å². The maximum atomic E-state index is 14.0. The molecule has 0 aromatic heterocycles. The van der Waals surface area contributed by atoms with Crippen LogP contribution in [0.1, 0.15) is 24.0 Å². The molecule has 0 atom stereocenters. The fourth-order valence-corrected chi connectivity index (χ4v) is 7.12. The van der Waals surface area contributed by atoms with Crippen LogP contribution in [-0.4, -0.2) is 44.5 Å². The number of hydrogen-bond acceptors (Lipinski definition) is 3. The number of hydrogen-bond donors (Lipinski definition) is 1. The molecular weight excluding hydrogens is 448 g/mol. The highest BCUT2D eigenvalue weighted by Gasteiger charge is 2.39. The van der Waals surface area contributed by atoms with E-state index in [1.54, 1.807) is 21.3 Å². The summed E-state index contributed by atoms with van der Waals surface area (Å²) in [5.74, 6) is 0. The van der Waals surface area contributed by atoms with Crippen molar-refractivity contribution in [2.45, 2.75) is 37.3 Å². The fourth-order valence-electron chi connectivity index (χ4n) is 4.99. The number of benzene rings is 3. The van der Waals surface area contributed by atoms with E-state index in [1.165, 1.54) is 6.26 Å². The summed E-state index contributed by atoms with van der Waals surface area (Å²) in [6.07, 6.45) is 2.27. The Kier molecular flexibility index (Phi) is 5.59. The average molecular weight is 479 g/mol. The summed E-state index contributed by atoms with van der Waals surface area (Å²) in [5, 5.41) is 0. The highest BCUT2D eigenvalue weighted by Crippen LogP contribution is 2.39. The Hall–Kier alpha value is -3.00. The lowest BCUT2D eigenvalue weighted by Crippen LogP contribution is -2.56. The monoisotopic (exact) mass is 478 g/mol. The first kappa shape index (κ1) is 22.8. The van der Waals surface area contributed by atoms with Crippen molar-refractivity contribution in [2.24, 2.45) is 0 Å². The molecule has 2 aliphatic rings. The fraction of sp³-hybridized carbons (Fsp3) is 0.296. The quantitative estimate of drug-likeness (QED) is 0.539. The number of cyclic esters (lactones) is 1. The molecule has 1 saturated heterocycles. The first-order valence-electron chi connectivity index (χ1n) is 11.6. The number of anilines is 1. The number of amides is 1. The first-order chi connectivity index (χ1) is 16.2. The van der Waals surface area contributed by atoms with Gasteiger partial charge in [0.15, 0.2) is 0 Å². The molecule has 1 amide bonds. The second-order valence-electron chi connectivity index (χ2n) is 9.34. The Bertz CT molecular complexity index is 1280. The smallest absolute Gasteiger partial charge is 0.414 e. The number of rotatable bonds is 4. The number of carbonyl (C=O) groups excluding carboxylic acids is 1. The molecule has 0 bridgehead atoms. The van der Waals surface area contributed by atoms with E-state index in [4.69, 9.17) is 4.74 Å². The molecule has 3 aromatic rings. The summed E-state index contributed by atoms with van der Waals surface area (Å²) in [6, 6.07) is 23.2. The predicted octanol–water partition coefficient (Wildman–Crippen LogP) is 5.48. The van der Waals surface area contributed by atoms with E-state index in [0.717, 1.165) is 27.9 Å². The molecule has 5 rings (SSSR count). The van der Waals surface area contributed by atoms with Crippen LogP contribution in [0.2, 0.25) is 0 Å². The van der Waals surface area contributed by atoms with Gasteiger partial charge in [0.1, 0.15) is 6.61 Å². The Morgan fingerprint density at radius 3 is 2.26 bits per heavy atom. The highest BCUT2D eigenvalue weighted by molar-refractivity contribution is 8.12. The van der Waals surface area contributed by atoms with Crippen molar-refractivity contribution in [3.05, 3.63) is 83.9 Å². The lowest BCUT2D eigenvalue weighted by atomic mass is 10.0. The van der Waals surface area contributed by atoms with Gasteiger partial charge >= 0.3 is 6.09 Å². The summed E-state index contributed by atoms with van der Waals surface area (Å²) in [7, 11) is -4.23.